The number of nitrogens with one attached hydrogen (secondary N) is 1. The topological polar surface area (TPSA) is 58.6 Å². The highest BCUT2D eigenvalue weighted by molar-refractivity contribution is 7.99. The molecule has 2 unspecified atom stereocenters. The lowest BCUT2D eigenvalue weighted by molar-refractivity contribution is -0.139. The minimum atomic E-state index is -0.523. The first-order valence-electron chi connectivity index (χ1n) is 10.9. The number of amides is 2. The molecule has 32 heavy (non-hydrogen) atoms. The van der Waals surface area contributed by atoms with Crippen LogP contribution in [0.15, 0.2) is 48.5 Å². The zero-order valence-electron chi connectivity index (χ0n) is 19.3. The van der Waals surface area contributed by atoms with Crippen molar-refractivity contribution in [2.45, 2.75) is 58.0 Å². The van der Waals surface area contributed by atoms with E-state index in [0.29, 0.717) is 23.7 Å². The number of carbonyl (C=O) groups excluding carboxylic acids is 2. The lowest BCUT2D eigenvalue weighted by Gasteiger charge is -2.31. The lowest BCUT2D eigenvalue weighted by Crippen LogP contribution is -2.51. The fourth-order valence-electron chi connectivity index (χ4n) is 3.25. The summed E-state index contributed by atoms with van der Waals surface area (Å²) in [7, 11) is 1.62. The van der Waals surface area contributed by atoms with E-state index >= 15 is 0 Å². The molecule has 0 aliphatic heterocycles. The van der Waals surface area contributed by atoms with E-state index in [1.54, 1.807) is 12.0 Å². The van der Waals surface area contributed by atoms with Gasteiger partial charge in [0.25, 0.3) is 0 Å². The van der Waals surface area contributed by atoms with Crippen molar-refractivity contribution in [1.82, 2.24) is 10.2 Å². The number of ether oxygens (including phenoxy) is 1. The first-order chi connectivity index (χ1) is 15.4. The number of benzene rings is 2. The minimum absolute atomic E-state index is 0.0565. The van der Waals surface area contributed by atoms with Crippen molar-refractivity contribution in [3.8, 4) is 5.75 Å². The zero-order chi connectivity index (χ0) is 23.5. The normalized spacial score (nSPS) is 12.7. The molecule has 2 amide bonds. The molecule has 0 aliphatic rings. The predicted molar refractivity (Wildman–Crippen MR) is 133 cm³/mol. The number of hydrogen-bond donors (Lipinski definition) is 1. The third-order valence-corrected chi connectivity index (χ3v) is 6.51. The standard InChI is InChI=1S/C25H33ClN2O3S/c1-5-18(3)27-25(30)23(6-2)28(15-19-10-12-22(31-4)13-11-19)24(29)17-32-16-20-8-7-9-21(26)14-20/h7-14,18,23H,5-6,15-17H2,1-4H3,(H,27,30). The van der Waals surface area contributed by atoms with E-state index in [-0.39, 0.29) is 23.6 Å². The summed E-state index contributed by atoms with van der Waals surface area (Å²) in [6, 6.07) is 14.8. The molecule has 0 heterocycles. The molecular weight excluding hydrogens is 444 g/mol. The van der Waals surface area contributed by atoms with E-state index < -0.39 is 6.04 Å². The molecule has 0 saturated carbocycles. The molecule has 1 N–H and O–H groups in total. The van der Waals surface area contributed by atoms with Gasteiger partial charge in [-0.15, -0.1) is 11.8 Å². The predicted octanol–water partition coefficient (Wildman–Crippen LogP) is 5.30. The Bertz CT molecular complexity index is 876. The lowest BCUT2D eigenvalue weighted by atomic mass is 10.1. The SMILES string of the molecule is CCC(C)NC(=O)C(CC)N(Cc1ccc(OC)cc1)C(=O)CSCc1cccc(Cl)c1. The third kappa shape index (κ3) is 8.06. The highest BCUT2D eigenvalue weighted by Gasteiger charge is 2.29. The van der Waals surface area contributed by atoms with E-state index in [1.807, 2.05) is 69.3 Å². The van der Waals surface area contributed by atoms with Gasteiger partial charge < -0.3 is 15.0 Å². The Kier molecular flexibility index (Phi) is 10.9. The zero-order valence-corrected chi connectivity index (χ0v) is 20.8. The molecule has 0 aromatic heterocycles. The average Bonchev–Trinajstić information content (AvgIpc) is 2.79. The summed E-state index contributed by atoms with van der Waals surface area (Å²) in [5.41, 5.74) is 2.02. The van der Waals surface area contributed by atoms with E-state index in [9.17, 15) is 9.59 Å². The summed E-state index contributed by atoms with van der Waals surface area (Å²) < 4.78 is 5.23. The first kappa shape index (κ1) is 26.1. The molecule has 0 saturated heterocycles. The summed E-state index contributed by atoms with van der Waals surface area (Å²) in [6.45, 7) is 6.31. The number of halogens is 1. The molecular formula is C25H33ClN2O3S. The van der Waals surface area contributed by atoms with Crippen LogP contribution in [0.4, 0.5) is 0 Å². The second-order valence-electron chi connectivity index (χ2n) is 7.73. The van der Waals surface area contributed by atoms with E-state index in [2.05, 4.69) is 5.32 Å². The maximum atomic E-state index is 13.3. The average molecular weight is 477 g/mol. The maximum absolute atomic E-state index is 13.3. The number of methoxy groups -OCH3 is 1. The van der Waals surface area contributed by atoms with Crippen LogP contribution in [0, 0.1) is 0 Å². The van der Waals surface area contributed by atoms with Crippen molar-refractivity contribution in [2.75, 3.05) is 12.9 Å². The molecule has 7 heteroatoms. The second kappa shape index (κ2) is 13.4. The second-order valence-corrected chi connectivity index (χ2v) is 9.16. The van der Waals surface area contributed by atoms with Crippen molar-refractivity contribution in [3.63, 3.8) is 0 Å². The quantitative estimate of drug-likeness (QED) is 0.451. The van der Waals surface area contributed by atoms with Gasteiger partial charge in [-0.1, -0.05) is 49.7 Å². The van der Waals surface area contributed by atoms with Crippen molar-refractivity contribution in [2.24, 2.45) is 0 Å². The van der Waals surface area contributed by atoms with Gasteiger partial charge in [0.15, 0.2) is 0 Å². The van der Waals surface area contributed by atoms with Crippen LogP contribution in [-0.4, -0.2) is 41.7 Å². The molecule has 0 radical (unpaired) electrons. The molecule has 2 aromatic rings. The molecule has 0 fully saturated rings. The van der Waals surface area contributed by atoms with Gasteiger partial charge in [0.2, 0.25) is 11.8 Å². The molecule has 5 nitrogen and oxygen atoms in total. The largest absolute Gasteiger partial charge is 0.497 e. The van der Waals surface area contributed by atoms with Gasteiger partial charge in [-0.3, -0.25) is 9.59 Å². The molecule has 0 aliphatic carbocycles. The van der Waals surface area contributed by atoms with Crippen molar-refractivity contribution in [1.29, 1.82) is 0 Å². The van der Waals surface area contributed by atoms with Crippen LogP contribution in [0.5, 0.6) is 5.75 Å². The highest BCUT2D eigenvalue weighted by Crippen LogP contribution is 2.20. The van der Waals surface area contributed by atoms with Crippen LogP contribution in [-0.2, 0) is 21.9 Å². The number of hydrogen-bond acceptors (Lipinski definition) is 4. The van der Waals surface area contributed by atoms with Gasteiger partial charge in [-0.2, -0.15) is 0 Å². The molecule has 0 bridgehead atoms. The monoisotopic (exact) mass is 476 g/mol. The van der Waals surface area contributed by atoms with E-state index in [0.717, 1.165) is 23.3 Å². The maximum Gasteiger partial charge on any atom is 0.243 e. The summed E-state index contributed by atoms with van der Waals surface area (Å²) >= 11 is 7.58. The van der Waals surface area contributed by atoms with Crippen molar-refractivity contribution < 1.29 is 14.3 Å². The van der Waals surface area contributed by atoms with Crippen LogP contribution in [0.1, 0.15) is 44.7 Å². The number of thioether (sulfide) groups is 1. The van der Waals surface area contributed by atoms with Gasteiger partial charge in [-0.25, -0.2) is 0 Å². The number of rotatable bonds is 12. The van der Waals surface area contributed by atoms with E-state index in [4.69, 9.17) is 16.3 Å². The summed E-state index contributed by atoms with van der Waals surface area (Å²) in [5.74, 6) is 1.56. The molecule has 174 valence electrons. The fourth-order valence-corrected chi connectivity index (χ4v) is 4.32. The molecule has 2 rings (SSSR count). The molecule has 2 atom stereocenters. The highest BCUT2D eigenvalue weighted by atomic mass is 35.5. The van der Waals surface area contributed by atoms with Gasteiger partial charge in [0.05, 0.1) is 12.9 Å². The van der Waals surface area contributed by atoms with E-state index in [1.165, 1.54) is 11.8 Å². The first-order valence-corrected chi connectivity index (χ1v) is 12.5. The van der Waals surface area contributed by atoms with Crippen molar-refractivity contribution >= 4 is 35.2 Å². The van der Waals surface area contributed by atoms with Gasteiger partial charge >= 0.3 is 0 Å². The van der Waals surface area contributed by atoms with Crippen LogP contribution >= 0.6 is 23.4 Å². The fraction of sp³-hybridized carbons (Fsp3) is 0.440. The van der Waals surface area contributed by atoms with Crippen LogP contribution < -0.4 is 10.1 Å². The Morgan fingerprint density at radius 1 is 1.09 bits per heavy atom. The Balaban J connectivity index is 2.14. The summed E-state index contributed by atoms with van der Waals surface area (Å²) in [6.07, 6.45) is 1.38. The Labute approximate surface area is 200 Å². The summed E-state index contributed by atoms with van der Waals surface area (Å²) in [5, 5.41) is 3.72. The van der Waals surface area contributed by atoms with Gasteiger partial charge in [-0.05, 0) is 55.2 Å². The number of carbonyl (C=O) groups is 2. The molecule has 2 aromatic carbocycles. The smallest absolute Gasteiger partial charge is 0.243 e. The van der Waals surface area contributed by atoms with Crippen LogP contribution in [0.25, 0.3) is 0 Å². The van der Waals surface area contributed by atoms with Crippen LogP contribution in [0.3, 0.4) is 0 Å². The van der Waals surface area contributed by atoms with Gasteiger partial charge in [0.1, 0.15) is 11.8 Å². The minimum Gasteiger partial charge on any atom is -0.497 e. The Morgan fingerprint density at radius 3 is 2.41 bits per heavy atom. The van der Waals surface area contributed by atoms with Crippen molar-refractivity contribution in [3.05, 3.63) is 64.7 Å². The number of nitrogens with zero attached hydrogens (tertiary/aromatic N) is 1. The van der Waals surface area contributed by atoms with Gasteiger partial charge in [0, 0.05) is 23.4 Å². The summed E-state index contributed by atoms with van der Waals surface area (Å²) in [4.78, 5) is 27.9. The Morgan fingerprint density at radius 2 is 1.81 bits per heavy atom. The van der Waals surface area contributed by atoms with Crippen LogP contribution in [0.2, 0.25) is 5.02 Å². The Hall–Kier alpha value is -2.18. The molecule has 0 spiro atoms. The third-order valence-electron chi connectivity index (χ3n) is 5.28.